The summed E-state index contributed by atoms with van der Waals surface area (Å²) in [6, 6.07) is 45.3. The summed E-state index contributed by atoms with van der Waals surface area (Å²) in [6.45, 7) is 2.01. The van der Waals surface area contributed by atoms with Gasteiger partial charge in [-0.2, -0.15) is 0 Å². The highest BCUT2D eigenvalue weighted by Crippen LogP contribution is 2.71. The molecule has 5 heterocycles. The number of hydrogen-bond acceptors (Lipinski definition) is 16. The molecular formula is C81H81NO11S4. The highest BCUT2D eigenvalue weighted by atomic mass is 33.1. The van der Waals surface area contributed by atoms with Gasteiger partial charge in [0.1, 0.15) is 30.0 Å². The molecule has 12 aliphatic rings. The van der Waals surface area contributed by atoms with Crippen LogP contribution in [0.2, 0.25) is 0 Å². The van der Waals surface area contributed by atoms with E-state index in [4.69, 9.17) is 18.9 Å². The average molecular weight is 1370 g/mol. The van der Waals surface area contributed by atoms with Crippen LogP contribution in [-0.2, 0) is 56.0 Å². The van der Waals surface area contributed by atoms with Gasteiger partial charge in [-0.3, -0.25) is 9.59 Å². The van der Waals surface area contributed by atoms with Crippen molar-refractivity contribution in [3.63, 3.8) is 0 Å². The molecule has 500 valence electrons. The normalized spacial score (nSPS) is 34.5. The second-order valence-electron chi connectivity index (χ2n) is 29.5. The maximum absolute atomic E-state index is 17.9. The highest BCUT2D eigenvalue weighted by Gasteiger charge is 2.67. The fourth-order valence-electron chi connectivity index (χ4n) is 20.7. The SMILES string of the molecule is COc1cc2c(cc1O)C1CC(O)C3Cc4cc(O)c5cc4C4CC(CC(OC(C)=O)C(C2)C1(C=Cc1ccccc1)C43)OC(=O)C12CC(CSSC(O)CO5)C3C4C#CC5Cc6ccccc6CSSC3C(CCC5NCc3cccc(c3)-c3cc(O)cc5ccc1cc35)CC42. The van der Waals surface area contributed by atoms with Gasteiger partial charge in [0.2, 0.25) is 0 Å². The fraction of sp³-hybridized carbons (Fsp3) is 0.432. The van der Waals surface area contributed by atoms with Gasteiger partial charge in [0, 0.05) is 65.9 Å². The molecule has 5 aliphatic heterocycles. The molecule has 0 amide bonds. The molecule has 17 bridgehead atoms. The third-order valence-corrected chi connectivity index (χ3v) is 30.1. The molecule has 4 saturated carbocycles. The van der Waals surface area contributed by atoms with Crippen molar-refractivity contribution in [2.45, 2.75) is 136 Å². The molecule has 16 heteroatoms. The molecule has 12 nitrogen and oxygen atoms in total. The van der Waals surface area contributed by atoms with Gasteiger partial charge >= 0.3 is 11.9 Å². The fourth-order valence-corrected chi connectivity index (χ4v) is 26.5. The lowest BCUT2D eigenvalue weighted by Gasteiger charge is -2.64. The van der Waals surface area contributed by atoms with E-state index in [2.05, 4.69) is 108 Å². The molecule has 19 rings (SSSR count). The minimum absolute atomic E-state index is 0.00321. The summed E-state index contributed by atoms with van der Waals surface area (Å²) in [5.74, 6) is 7.04. The van der Waals surface area contributed by atoms with Crippen molar-refractivity contribution in [3.05, 3.63) is 190 Å². The zero-order valence-corrected chi connectivity index (χ0v) is 57.7. The monoisotopic (exact) mass is 1370 g/mol. The van der Waals surface area contributed by atoms with Crippen LogP contribution in [0.4, 0.5) is 0 Å². The number of hydrogen-bond donors (Lipinski definition) is 6. The van der Waals surface area contributed by atoms with E-state index < -0.39 is 70.1 Å². The molecule has 4 fully saturated rings. The molecule has 7 aromatic rings. The molecule has 97 heavy (non-hydrogen) atoms. The van der Waals surface area contributed by atoms with Crippen molar-refractivity contribution in [1.29, 1.82) is 0 Å². The lowest BCUT2D eigenvalue weighted by Crippen LogP contribution is -2.63. The van der Waals surface area contributed by atoms with Crippen molar-refractivity contribution < 1.29 is 54.1 Å². The number of allylic oxidation sites excluding steroid dienone is 1. The van der Waals surface area contributed by atoms with E-state index in [1.807, 2.05) is 70.1 Å². The van der Waals surface area contributed by atoms with E-state index >= 15 is 4.79 Å². The Morgan fingerprint density at radius 2 is 1.61 bits per heavy atom. The molecule has 1 spiro atoms. The number of phenols is 3. The van der Waals surface area contributed by atoms with Gasteiger partial charge in [-0.1, -0.05) is 152 Å². The van der Waals surface area contributed by atoms with Gasteiger partial charge in [0.15, 0.2) is 23.0 Å². The predicted octanol–water partition coefficient (Wildman–Crippen LogP) is 14.9. The number of methoxy groups -OCH3 is 1. The van der Waals surface area contributed by atoms with Crippen LogP contribution in [0.25, 0.3) is 28.0 Å². The first-order valence-corrected chi connectivity index (χ1v) is 39.6. The third-order valence-electron chi connectivity index (χ3n) is 24.6. The molecule has 6 N–H and O–H groups in total. The maximum atomic E-state index is 17.9. The van der Waals surface area contributed by atoms with Crippen LogP contribution < -0.4 is 14.8 Å². The van der Waals surface area contributed by atoms with Crippen LogP contribution in [-0.4, -0.2) is 92.0 Å². The smallest absolute Gasteiger partial charge is 0.317 e. The van der Waals surface area contributed by atoms with E-state index in [1.54, 1.807) is 24.0 Å². The number of ether oxygens (including phenoxy) is 4. The Morgan fingerprint density at radius 1 is 0.763 bits per heavy atom. The summed E-state index contributed by atoms with van der Waals surface area (Å²) in [4.78, 5) is 32.1. The average Bonchev–Trinajstić information content (AvgIpc) is 0.730. The van der Waals surface area contributed by atoms with Crippen LogP contribution in [0.5, 0.6) is 28.7 Å². The number of nitrogens with one attached hydrogen (secondary N) is 1. The van der Waals surface area contributed by atoms with Crippen LogP contribution >= 0.6 is 43.2 Å². The second-order valence-corrected chi connectivity index (χ2v) is 34.6. The van der Waals surface area contributed by atoms with Crippen LogP contribution in [0.15, 0.2) is 140 Å². The van der Waals surface area contributed by atoms with Gasteiger partial charge in [0.25, 0.3) is 0 Å². The third kappa shape index (κ3) is 11.0. The minimum atomic E-state index is -1.30. The quantitative estimate of drug-likeness (QED) is 0.0555. The molecule has 7 aliphatic carbocycles. The van der Waals surface area contributed by atoms with Crippen molar-refractivity contribution in [2.75, 3.05) is 19.5 Å². The Hall–Kier alpha value is -6.68. The van der Waals surface area contributed by atoms with E-state index in [0.717, 1.165) is 92.3 Å². The van der Waals surface area contributed by atoms with Gasteiger partial charge in [-0.05, 0) is 226 Å². The van der Waals surface area contributed by atoms with E-state index in [1.165, 1.54) is 28.8 Å². The number of aliphatic hydroxyl groups excluding tert-OH is 2. The number of carbonyl (C=O) groups excluding carboxylic acids is 2. The molecule has 19 atom stereocenters. The molecular weight excluding hydrogens is 1290 g/mol. The molecule has 7 aromatic carbocycles. The minimum Gasteiger partial charge on any atom is -0.508 e. The lowest BCUT2D eigenvalue weighted by molar-refractivity contribution is -0.182. The largest absolute Gasteiger partial charge is 0.508 e. The zero-order valence-electron chi connectivity index (χ0n) is 54.4. The van der Waals surface area contributed by atoms with Crippen molar-refractivity contribution in [1.82, 2.24) is 5.32 Å². The summed E-state index contributed by atoms with van der Waals surface area (Å²) >= 11 is 0. The topological polar surface area (TPSA) is 184 Å². The van der Waals surface area contributed by atoms with Gasteiger partial charge in [0.05, 0.1) is 18.6 Å². The first-order valence-electron chi connectivity index (χ1n) is 34.8. The van der Waals surface area contributed by atoms with Crippen molar-refractivity contribution in [3.8, 4) is 51.7 Å². The summed E-state index contributed by atoms with van der Waals surface area (Å²) < 4.78 is 27.2. The number of benzene rings is 7. The van der Waals surface area contributed by atoms with Crippen LogP contribution in [0, 0.1) is 70.5 Å². The molecule has 0 saturated heterocycles. The Balaban J connectivity index is 0.909. The number of carbonyl (C=O) groups is 2. The maximum Gasteiger partial charge on any atom is 0.317 e. The summed E-state index contributed by atoms with van der Waals surface area (Å²) in [6.07, 6.45) is 7.34. The van der Waals surface area contributed by atoms with E-state index in [9.17, 15) is 30.3 Å². The first-order chi connectivity index (χ1) is 47.2. The Bertz CT molecular complexity index is 4360. The van der Waals surface area contributed by atoms with Gasteiger partial charge in [-0.25, -0.2) is 0 Å². The number of aromatic hydroxyl groups is 3. The van der Waals surface area contributed by atoms with Crippen molar-refractivity contribution >= 4 is 72.0 Å². The number of aliphatic hydroxyl groups is 2. The van der Waals surface area contributed by atoms with Crippen molar-refractivity contribution in [2.24, 2.45) is 58.7 Å². The number of rotatable bonds is 4. The van der Waals surface area contributed by atoms with Crippen LogP contribution in [0.1, 0.15) is 114 Å². The standard InChI is InChI=1S/C81H81NO11S4/c1-43(83)92-72-34-57-33-63-61-36-74(70(86)29-52(61)26-64-69(85)37-66-62-35-71(87)73(90-2)30-53(62)28-67(72)80(66,77(63)64)22-21-44-9-4-3-5-10-44)91-40-75(88)96-94-42-54-38-81(79(89)93-57)55-18-15-48-25-56(84)32-60(59(48)31-55)47-14-8-11-45(23-47)39-82-68-20-17-50-27-65(81)58-19-16-49(68)24-46-12-6-7-13-51(46)41-95-97-78(50)76(54)58/h3-15,18,21-23,25,29-32,35-36,49-50,54,57-58,63-69,72,75-78,82,84-88H,17,20,24,26-28,33-34,37-42H2,1-2H3. The molecule has 19 unspecified atom stereocenters. The molecule has 0 radical (unpaired) electrons. The predicted molar refractivity (Wildman–Crippen MR) is 384 cm³/mol. The Morgan fingerprint density at radius 3 is 2.46 bits per heavy atom. The first kappa shape index (κ1) is 63.7. The highest BCUT2D eigenvalue weighted by molar-refractivity contribution is 8.77. The summed E-state index contributed by atoms with van der Waals surface area (Å²) in [7, 11) is 8.49. The second kappa shape index (κ2) is 25.5. The lowest BCUT2D eigenvalue weighted by atomic mass is 9.40. The number of fused-ring (bicyclic) bond motifs is 8. The van der Waals surface area contributed by atoms with E-state index in [0.29, 0.717) is 43.7 Å². The summed E-state index contributed by atoms with van der Waals surface area (Å²) in [5, 5.41) is 67.0. The van der Waals surface area contributed by atoms with Gasteiger partial charge in [-0.15, -0.1) is 0 Å². The van der Waals surface area contributed by atoms with Gasteiger partial charge < -0.3 is 49.8 Å². The zero-order chi connectivity index (χ0) is 66.0. The number of esters is 2. The summed E-state index contributed by atoms with van der Waals surface area (Å²) in [5.41, 5.74) is 7.84. The van der Waals surface area contributed by atoms with E-state index in [-0.39, 0.29) is 95.2 Å². The number of phenolic OH excluding ortho intramolecular Hbond substituents is 3. The van der Waals surface area contributed by atoms with Crippen LogP contribution in [0.3, 0.4) is 0 Å². The Kier molecular flexibility index (Phi) is 16.8. The Labute approximate surface area is 582 Å². The molecule has 0 aromatic heterocycles.